The van der Waals surface area contributed by atoms with Crippen molar-refractivity contribution < 1.29 is 9.53 Å². The molecule has 0 aliphatic rings. The van der Waals surface area contributed by atoms with Crippen LogP contribution in [0.2, 0.25) is 0 Å². The minimum Gasteiger partial charge on any atom is -0.466 e. The molecule has 0 aliphatic heterocycles. The van der Waals surface area contributed by atoms with Gasteiger partial charge in [-0.3, -0.25) is 14.2 Å². The summed E-state index contributed by atoms with van der Waals surface area (Å²) in [6.07, 6.45) is 6.17. The summed E-state index contributed by atoms with van der Waals surface area (Å²) < 4.78 is 9.14. The fourth-order valence-corrected chi connectivity index (χ4v) is 2.42. The summed E-state index contributed by atoms with van der Waals surface area (Å²) in [5.41, 5.74) is -0.0449. The van der Waals surface area contributed by atoms with Crippen LogP contribution in [0.15, 0.2) is 17.1 Å². The summed E-state index contributed by atoms with van der Waals surface area (Å²) in [5, 5.41) is 0. The Labute approximate surface area is 130 Å². The zero-order valence-corrected chi connectivity index (χ0v) is 13.7. The SMILES string of the molecule is CCC(=O)OCCCCCCn1ccc(=O)n(CC)c1=S. The second-order valence-corrected chi connectivity index (χ2v) is 5.23. The third-order valence-electron chi connectivity index (χ3n) is 3.30. The highest BCUT2D eigenvalue weighted by Crippen LogP contribution is 2.04. The largest absolute Gasteiger partial charge is 0.466 e. The first-order valence-electron chi connectivity index (χ1n) is 7.56. The van der Waals surface area contributed by atoms with Crippen molar-refractivity contribution in [2.24, 2.45) is 0 Å². The lowest BCUT2D eigenvalue weighted by atomic mass is 10.2. The molecule has 21 heavy (non-hydrogen) atoms. The van der Waals surface area contributed by atoms with E-state index in [1.807, 2.05) is 11.5 Å². The van der Waals surface area contributed by atoms with Crippen molar-refractivity contribution in [3.8, 4) is 0 Å². The van der Waals surface area contributed by atoms with E-state index in [9.17, 15) is 9.59 Å². The summed E-state index contributed by atoms with van der Waals surface area (Å²) in [5.74, 6) is -0.136. The van der Waals surface area contributed by atoms with Gasteiger partial charge in [-0.15, -0.1) is 0 Å². The molecule has 118 valence electrons. The van der Waals surface area contributed by atoms with Gasteiger partial charge in [-0.05, 0) is 38.4 Å². The minimum absolute atomic E-state index is 0.0449. The molecule has 0 amide bonds. The van der Waals surface area contributed by atoms with Crippen molar-refractivity contribution in [2.45, 2.75) is 59.0 Å². The number of unbranched alkanes of at least 4 members (excludes halogenated alkanes) is 3. The number of ether oxygens (including phenoxy) is 1. The highest BCUT2D eigenvalue weighted by Gasteiger charge is 2.01. The molecule has 0 saturated heterocycles. The highest BCUT2D eigenvalue weighted by atomic mass is 32.1. The topological polar surface area (TPSA) is 53.2 Å². The monoisotopic (exact) mass is 312 g/mol. The lowest BCUT2D eigenvalue weighted by Crippen LogP contribution is -2.23. The quantitative estimate of drug-likeness (QED) is 0.400. The summed E-state index contributed by atoms with van der Waals surface area (Å²) in [7, 11) is 0. The third-order valence-corrected chi connectivity index (χ3v) is 3.76. The Balaban J connectivity index is 2.29. The predicted molar refractivity (Wildman–Crippen MR) is 84.9 cm³/mol. The van der Waals surface area contributed by atoms with Crippen LogP contribution in [0.4, 0.5) is 0 Å². The molecule has 0 fully saturated rings. The molecular formula is C15H24N2O3S. The lowest BCUT2D eigenvalue weighted by Gasteiger charge is -2.10. The molecule has 0 bridgehead atoms. The van der Waals surface area contributed by atoms with Crippen molar-refractivity contribution in [2.75, 3.05) is 6.61 Å². The van der Waals surface area contributed by atoms with Crippen molar-refractivity contribution >= 4 is 18.2 Å². The van der Waals surface area contributed by atoms with Gasteiger partial charge in [-0.2, -0.15) is 0 Å². The Morgan fingerprint density at radius 2 is 1.95 bits per heavy atom. The van der Waals surface area contributed by atoms with Gasteiger partial charge in [0.1, 0.15) is 0 Å². The van der Waals surface area contributed by atoms with E-state index in [1.54, 1.807) is 23.8 Å². The van der Waals surface area contributed by atoms with E-state index >= 15 is 0 Å². The van der Waals surface area contributed by atoms with Crippen LogP contribution in [-0.4, -0.2) is 21.7 Å². The van der Waals surface area contributed by atoms with Gasteiger partial charge in [0, 0.05) is 31.8 Å². The number of esters is 1. The van der Waals surface area contributed by atoms with Gasteiger partial charge in [0.25, 0.3) is 5.56 Å². The number of rotatable bonds is 9. The second-order valence-electron chi connectivity index (χ2n) is 4.86. The predicted octanol–water partition coefficient (Wildman–Crippen LogP) is 2.91. The fourth-order valence-electron chi connectivity index (χ4n) is 2.04. The van der Waals surface area contributed by atoms with Gasteiger partial charge in [-0.1, -0.05) is 13.3 Å². The second kappa shape index (κ2) is 9.50. The van der Waals surface area contributed by atoms with Crippen LogP contribution < -0.4 is 5.56 Å². The minimum atomic E-state index is -0.136. The maximum Gasteiger partial charge on any atom is 0.305 e. The van der Waals surface area contributed by atoms with E-state index in [4.69, 9.17) is 17.0 Å². The molecule has 1 aromatic heterocycles. The molecule has 0 aromatic carbocycles. The first kappa shape index (κ1) is 17.6. The summed E-state index contributed by atoms with van der Waals surface area (Å²) >= 11 is 5.31. The highest BCUT2D eigenvalue weighted by molar-refractivity contribution is 7.71. The number of hydrogen-bond donors (Lipinski definition) is 0. The molecule has 0 unspecified atom stereocenters. The smallest absolute Gasteiger partial charge is 0.305 e. The molecule has 1 rings (SSSR count). The number of nitrogens with zero attached hydrogens (tertiary/aromatic N) is 2. The number of aryl methyl sites for hydroxylation is 1. The average Bonchev–Trinajstić information content (AvgIpc) is 2.48. The number of carbonyl (C=O) groups is 1. The number of hydrogen-bond acceptors (Lipinski definition) is 4. The molecule has 0 N–H and O–H groups in total. The molecule has 0 radical (unpaired) electrons. The van der Waals surface area contributed by atoms with Gasteiger partial charge in [-0.25, -0.2) is 0 Å². The van der Waals surface area contributed by atoms with Gasteiger partial charge in [0.05, 0.1) is 6.61 Å². The zero-order chi connectivity index (χ0) is 15.7. The molecule has 5 nitrogen and oxygen atoms in total. The molecule has 0 saturated carbocycles. The maximum atomic E-state index is 11.6. The fraction of sp³-hybridized carbons (Fsp3) is 0.667. The first-order chi connectivity index (χ1) is 10.1. The molecule has 0 aliphatic carbocycles. The lowest BCUT2D eigenvalue weighted by molar-refractivity contribution is -0.143. The average molecular weight is 312 g/mol. The van der Waals surface area contributed by atoms with Crippen molar-refractivity contribution in [1.29, 1.82) is 0 Å². The van der Waals surface area contributed by atoms with E-state index in [0.717, 1.165) is 32.2 Å². The van der Waals surface area contributed by atoms with Crippen LogP contribution in [0.1, 0.15) is 46.0 Å². The van der Waals surface area contributed by atoms with E-state index in [0.29, 0.717) is 24.3 Å². The molecule has 0 atom stereocenters. The van der Waals surface area contributed by atoms with E-state index < -0.39 is 0 Å². The summed E-state index contributed by atoms with van der Waals surface area (Å²) in [6, 6.07) is 1.56. The van der Waals surface area contributed by atoms with E-state index in [-0.39, 0.29) is 11.5 Å². The van der Waals surface area contributed by atoms with Gasteiger partial charge < -0.3 is 9.30 Å². The first-order valence-corrected chi connectivity index (χ1v) is 7.96. The Bertz CT molecular complexity index is 563. The number of aromatic nitrogens is 2. The third kappa shape index (κ3) is 5.83. The summed E-state index contributed by atoms with van der Waals surface area (Å²) in [6.45, 7) is 5.63. The van der Waals surface area contributed by atoms with E-state index in [1.165, 1.54) is 0 Å². The number of carbonyl (C=O) groups excluding carboxylic acids is 1. The molecule has 1 heterocycles. The van der Waals surface area contributed by atoms with Gasteiger partial charge in [0.15, 0.2) is 4.77 Å². The standard InChI is InChI=1S/C15H24N2O3S/c1-3-14(19)20-12-8-6-5-7-10-16-11-9-13(18)17(4-2)15(16)21/h9,11H,3-8,10,12H2,1-2H3. The van der Waals surface area contributed by atoms with Crippen LogP contribution in [0.5, 0.6) is 0 Å². The van der Waals surface area contributed by atoms with Crippen LogP contribution in [-0.2, 0) is 22.6 Å². The van der Waals surface area contributed by atoms with Crippen molar-refractivity contribution in [1.82, 2.24) is 9.13 Å². The Kier molecular flexibility index (Phi) is 7.97. The van der Waals surface area contributed by atoms with Crippen molar-refractivity contribution in [3.63, 3.8) is 0 Å². The van der Waals surface area contributed by atoms with Gasteiger partial charge in [0.2, 0.25) is 0 Å². The van der Waals surface area contributed by atoms with Crippen molar-refractivity contribution in [3.05, 3.63) is 27.4 Å². The molecule has 6 heteroatoms. The molecule has 1 aromatic rings. The maximum absolute atomic E-state index is 11.6. The molecular weight excluding hydrogens is 288 g/mol. The van der Waals surface area contributed by atoms with E-state index in [2.05, 4.69) is 0 Å². The van der Waals surface area contributed by atoms with Crippen LogP contribution >= 0.6 is 12.2 Å². The Morgan fingerprint density at radius 1 is 1.24 bits per heavy atom. The Morgan fingerprint density at radius 3 is 2.62 bits per heavy atom. The molecule has 0 spiro atoms. The summed E-state index contributed by atoms with van der Waals surface area (Å²) in [4.78, 5) is 22.5. The van der Waals surface area contributed by atoms with Crippen LogP contribution in [0.25, 0.3) is 0 Å². The van der Waals surface area contributed by atoms with Crippen LogP contribution in [0, 0.1) is 4.77 Å². The van der Waals surface area contributed by atoms with Crippen LogP contribution in [0.3, 0.4) is 0 Å². The van der Waals surface area contributed by atoms with Gasteiger partial charge >= 0.3 is 5.97 Å². The Hall–Kier alpha value is -1.43. The normalized spacial score (nSPS) is 10.6. The zero-order valence-electron chi connectivity index (χ0n) is 12.8.